The van der Waals surface area contributed by atoms with Crippen molar-refractivity contribution in [3.05, 3.63) is 94.7 Å². The number of amides is 2. The molecule has 5 heteroatoms. The summed E-state index contributed by atoms with van der Waals surface area (Å²) in [5.41, 5.74) is 6.58. The predicted molar refractivity (Wildman–Crippen MR) is 135 cm³/mol. The third-order valence-electron chi connectivity index (χ3n) is 6.56. The average Bonchev–Trinajstić information content (AvgIpc) is 3.37. The van der Waals surface area contributed by atoms with Crippen LogP contribution in [0.1, 0.15) is 35.6 Å². The number of benzene rings is 3. The number of aryl methyl sites for hydroxylation is 2. The molecular weight excluding hydrogens is 424 g/mol. The maximum atomic E-state index is 13.9. The number of para-hydroxylation sites is 1. The van der Waals surface area contributed by atoms with E-state index in [0.29, 0.717) is 35.9 Å². The highest BCUT2D eigenvalue weighted by atomic mass is 16.5. The van der Waals surface area contributed by atoms with E-state index in [2.05, 4.69) is 6.07 Å². The van der Waals surface area contributed by atoms with Gasteiger partial charge in [0.2, 0.25) is 0 Å². The Morgan fingerprint density at radius 1 is 0.882 bits per heavy atom. The number of rotatable bonds is 6. The van der Waals surface area contributed by atoms with Gasteiger partial charge in [-0.05, 0) is 67.1 Å². The summed E-state index contributed by atoms with van der Waals surface area (Å²) in [5.74, 6) is 0.0375. The molecule has 2 aliphatic heterocycles. The average molecular weight is 453 g/mol. The van der Waals surface area contributed by atoms with E-state index in [1.165, 1.54) is 10.5 Å². The van der Waals surface area contributed by atoms with Crippen molar-refractivity contribution in [1.82, 2.24) is 0 Å². The number of anilines is 2. The molecule has 0 aromatic heterocycles. The molecule has 0 unspecified atom stereocenters. The van der Waals surface area contributed by atoms with Crippen LogP contribution in [-0.4, -0.2) is 25.0 Å². The Bertz CT molecular complexity index is 1320. The van der Waals surface area contributed by atoms with Crippen molar-refractivity contribution < 1.29 is 14.3 Å². The molecule has 0 atom stereocenters. The van der Waals surface area contributed by atoms with Gasteiger partial charge < -0.3 is 9.64 Å². The molecular formula is C29H28N2O3. The summed E-state index contributed by atoms with van der Waals surface area (Å²) in [4.78, 5) is 31.1. The smallest absolute Gasteiger partial charge is 0.282 e. The van der Waals surface area contributed by atoms with E-state index in [1.807, 2.05) is 74.2 Å². The fourth-order valence-electron chi connectivity index (χ4n) is 4.66. The molecule has 0 N–H and O–H groups in total. The molecule has 34 heavy (non-hydrogen) atoms. The number of hydrogen-bond donors (Lipinski definition) is 0. The first-order valence-electron chi connectivity index (χ1n) is 11.8. The summed E-state index contributed by atoms with van der Waals surface area (Å²) in [6.07, 6.45) is 1.71. The monoisotopic (exact) mass is 452 g/mol. The Morgan fingerprint density at radius 3 is 2.50 bits per heavy atom. The maximum absolute atomic E-state index is 13.9. The molecule has 3 aromatic rings. The van der Waals surface area contributed by atoms with E-state index < -0.39 is 0 Å². The summed E-state index contributed by atoms with van der Waals surface area (Å²) in [5, 5.41) is 0. The Morgan fingerprint density at radius 2 is 1.71 bits per heavy atom. The van der Waals surface area contributed by atoms with Crippen LogP contribution in [0.3, 0.4) is 0 Å². The first-order valence-corrected chi connectivity index (χ1v) is 11.8. The van der Waals surface area contributed by atoms with E-state index >= 15 is 0 Å². The molecule has 2 heterocycles. The van der Waals surface area contributed by atoms with Crippen molar-refractivity contribution >= 4 is 28.8 Å². The molecule has 172 valence electrons. The summed E-state index contributed by atoms with van der Waals surface area (Å²) >= 11 is 0. The van der Waals surface area contributed by atoms with E-state index in [1.54, 1.807) is 12.1 Å². The minimum atomic E-state index is -0.305. The lowest BCUT2D eigenvalue weighted by molar-refractivity contribution is -0.120. The van der Waals surface area contributed by atoms with Gasteiger partial charge in [0.15, 0.2) is 0 Å². The van der Waals surface area contributed by atoms with Gasteiger partial charge in [-0.25, -0.2) is 4.90 Å². The third kappa shape index (κ3) is 3.67. The Labute approximate surface area is 200 Å². The molecule has 0 aliphatic carbocycles. The van der Waals surface area contributed by atoms with Crippen LogP contribution in [0.25, 0.3) is 5.57 Å². The molecule has 0 saturated heterocycles. The lowest BCUT2D eigenvalue weighted by Gasteiger charge is -2.22. The highest BCUT2D eigenvalue weighted by molar-refractivity contribution is 6.46. The fraction of sp³-hybridized carbons (Fsp3) is 0.241. The molecule has 0 radical (unpaired) electrons. The Kier molecular flexibility index (Phi) is 5.70. The first-order chi connectivity index (χ1) is 16.5. The molecule has 0 fully saturated rings. The van der Waals surface area contributed by atoms with Crippen LogP contribution in [0.2, 0.25) is 0 Å². The molecule has 5 rings (SSSR count). The van der Waals surface area contributed by atoms with Crippen molar-refractivity contribution in [3.63, 3.8) is 0 Å². The zero-order chi connectivity index (χ0) is 23.8. The number of hydrogen-bond acceptors (Lipinski definition) is 4. The van der Waals surface area contributed by atoms with Gasteiger partial charge in [0.05, 0.1) is 17.9 Å². The van der Waals surface area contributed by atoms with Crippen molar-refractivity contribution in [2.45, 2.75) is 33.6 Å². The molecule has 2 amide bonds. The number of carbonyl (C=O) groups excluding carboxylic acids is 2. The Balaban J connectivity index is 1.64. The van der Waals surface area contributed by atoms with Gasteiger partial charge in [-0.1, -0.05) is 49.4 Å². The van der Waals surface area contributed by atoms with Crippen molar-refractivity contribution in [2.75, 3.05) is 23.0 Å². The van der Waals surface area contributed by atoms with Gasteiger partial charge in [-0.3, -0.25) is 9.59 Å². The molecule has 3 aromatic carbocycles. The number of carbonyl (C=O) groups is 2. The SMILES string of the molecule is CCCOc1cccc(N2C(=O)C(c3ccc(C)c(C)c3)=C(N3CCc4ccccc43)C2=O)c1. The second-order valence-electron chi connectivity index (χ2n) is 8.84. The summed E-state index contributed by atoms with van der Waals surface area (Å²) in [7, 11) is 0. The van der Waals surface area contributed by atoms with E-state index in [-0.39, 0.29) is 11.8 Å². The minimum absolute atomic E-state index is 0.303. The number of fused-ring (bicyclic) bond motifs is 1. The van der Waals surface area contributed by atoms with Gasteiger partial charge in [0.25, 0.3) is 11.8 Å². The molecule has 0 bridgehead atoms. The number of nitrogens with zero attached hydrogens (tertiary/aromatic N) is 2. The van der Waals surface area contributed by atoms with Gasteiger partial charge in [0, 0.05) is 18.3 Å². The normalized spacial score (nSPS) is 15.4. The molecule has 0 spiro atoms. The fourth-order valence-corrected chi connectivity index (χ4v) is 4.66. The van der Waals surface area contributed by atoms with Crippen molar-refractivity contribution in [1.29, 1.82) is 0 Å². The lowest BCUT2D eigenvalue weighted by Crippen LogP contribution is -2.34. The van der Waals surface area contributed by atoms with Crippen LogP contribution in [0.4, 0.5) is 11.4 Å². The van der Waals surface area contributed by atoms with E-state index in [4.69, 9.17) is 4.74 Å². The second kappa shape index (κ2) is 8.82. The van der Waals surface area contributed by atoms with Crippen LogP contribution in [-0.2, 0) is 16.0 Å². The summed E-state index contributed by atoms with van der Waals surface area (Å²) in [6, 6.07) is 21.3. The largest absolute Gasteiger partial charge is 0.494 e. The highest BCUT2D eigenvalue weighted by Gasteiger charge is 2.44. The summed E-state index contributed by atoms with van der Waals surface area (Å²) < 4.78 is 5.77. The molecule has 5 nitrogen and oxygen atoms in total. The molecule has 2 aliphatic rings. The van der Waals surface area contributed by atoms with E-state index in [9.17, 15) is 9.59 Å². The molecule has 0 saturated carbocycles. The number of ether oxygens (including phenoxy) is 1. The van der Waals surface area contributed by atoms with Crippen molar-refractivity contribution in [2.24, 2.45) is 0 Å². The van der Waals surface area contributed by atoms with Gasteiger partial charge >= 0.3 is 0 Å². The second-order valence-corrected chi connectivity index (χ2v) is 8.84. The quantitative estimate of drug-likeness (QED) is 0.468. The zero-order valence-electron chi connectivity index (χ0n) is 19.8. The van der Waals surface area contributed by atoms with E-state index in [0.717, 1.165) is 35.2 Å². The number of imide groups is 1. The predicted octanol–water partition coefficient (Wildman–Crippen LogP) is 5.44. The van der Waals surface area contributed by atoms with Crippen LogP contribution in [0.5, 0.6) is 5.75 Å². The van der Waals surface area contributed by atoms with Gasteiger partial charge in [0.1, 0.15) is 11.4 Å². The Hall–Kier alpha value is -3.86. The standard InChI is InChI=1S/C29H28N2O3/c1-4-16-34-24-10-7-9-23(18-24)31-28(32)26(22-13-12-19(2)20(3)17-22)27(29(31)33)30-15-14-21-8-5-6-11-25(21)30/h5-13,17-18H,4,14-16H2,1-3H3. The third-order valence-corrected chi connectivity index (χ3v) is 6.56. The maximum Gasteiger partial charge on any atom is 0.282 e. The minimum Gasteiger partial charge on any atom is -0.494 e. The van der Waals surface area contributed by atoms with Crippen LogP contribution in [0, 0.1) is 13.8 Å². The lowest BCUT2D eigenvalue weighted by atomic mass is 9.99. The van der Waals surface area contributed by atoms with Crippen LogP contribution >= 0.6 is 0 Å². The first kappa shape index (κ1) is 22.0. The highest BCUT2D eigenvalue weighted by Crippen LogP contribution is 2.40. The summed E-state index contributed by atoms with van der Waals surface area (Å²) in [6.45, 7) is 7.35. The topological polar surface area (TPSA) is 49.9 Å². The van der Waals surface area contributed by atoms with Crippen LogP contribution in [0.15, 0.2) is 72.4 Å². The van der Waals surface area contributed by atoms with Gasteiger partial charge in [-0.2, -0.15) is 0 Å². The van der Waals surface area contributed by atoms with Crippen LogP contribution < -0.4 is 14.5 Å². The van der Waals surface area contributed by atoms with Gasteiger partial charge in [-0.15, -0.1) is 0 Å². The van der Waals surface area contributed by atoms with Crippen molar-refractivity contribution in [3.8, 4) is 5.75 Å². The zero-order valence-corrected chi connectivity index (χ0v) is 19.8.